The summed E-state index contributed by atoms with van der Waals surface area (Å²) in [6.07, 6.45) is 0. The van der Waals surface area contributed by atoms with Crippen LogP contribution in [0, 0.1) is 5.82 Å². The van der Waals surface area contributed by atoms with Gasteiger partial charge < -0.3 is 10.5 Å². The Kier molecular flexibility index (Phi) is 4.40. The van der Waals surface area contributed by atoms with Crippen molar-refractivity contribution in [3.8, 4) is 5.75 Å². The van der Waals surface area contributed by atoms with E-state index in [1.807, 2.05) is 18.2 Å². The molecule has 0 aliphatic heterocycles. The van der Waals surface area contributed by atoms with Gasteiger partial charge in [0, 0.05) is 22.7 Å². The van der Waals surface area contributed by atoms with Crippen LogP contribution in [0.4, 0.5) is 4.39 Å². The Bertz CT molecular complexity index is 572. The molecule has 2 nitrogen and oxygen atoms in total. The third-order valence-corrected chi connectivity index (χ3v) is 2.99. The number of hydrogen-bond donors (Lipinski definition) is 1. The minimum atomic E-state index is -0.349. The van der Waals surface area contributed by atoms with Crippen molar-refractivity contribution in [3.05, 3.63) is 64.4 Å². The molecule has 2 aromatic carbocycles. The van der Waals surface area contributed by atoms with Crippen LogP contribution < -0.4 is 10.5 Å². The second-order valence-electron chi connectivity index (χ2n) is 4.39. The molecule has 0 aliphatic rings. The third-order valence-electron chi connectivity index (χ3n) is 2.76. The predicted octanol–water partition coefficient (Wildman–Crippen LogP) is 4.08. The number of halogens is 2. The first kappa shape index (κ1) is 13.8. The van der Waals surface area contributed by atoms with Crippen LogP contribution in [0.25, 0.3) is 0 Å². The molecule has 0 unspecified atom stereocenters. The number of benzene rings is 2. The second kappa shape index (κ2) is 6.04. The maximum Gasteiger partial charge on any atom is 0.131 e. The summed E-state index contributed by atoms with van der Waals surface area (Å²) in [5.41, 5.74) is 7.07. The molecule has 0 aliphatic carbocycles. The van der Waals surface area contributed by atoms with Gasteiger partial charge in [0.15, 0.2) is 0 Å². The van der Waals surface area contributed by atoms with Crippen molar-refractivity contribution in [1.82, 2.24) is 0 Å². The molecule has 0 heterocycles. The molecule has 2 aromatic rings. The fourth-order valence-corrected chi connectivity index (χ4v) is 1.97. The molecule has 0 amide bonds. The summed E-state index contributed by atoms with van der Waals surface area (Å²) in [6.45, 7) is 2.09. The summed E-state index contributed by atoms with van der Waals surface area (Å²) < 4.78 is 19.2. The van der Waals surface area contributed by atoms with E-state index < -0.39 is 0 Å². The molecule has 100 valence electrons. The molecule has 0 aromatic heterocycles. The van der Waals surface area contributed by atoms with E-state index in [2.05, 4.69) is 0 Å². The molecule has 0 fully saturated rings. The summed E-state index contributed by atoms with van der Waals surface area (Å²) in [5.74, 6) is 0.125. The molecule has 19 heavy (non-hydrogen) atoms. The van der Waals surface area contributed by atoms with E-state index in [-0.39, 0.29) is 11.9 Å². The topological polar surface area (TPSA) is 35.2 Å². The van der Waals surface area contributed by atoms with Gasteiger partial charge in [-0.15, -0.1) is 0 Å². The van der Waals surface area contributed by atoms with Crippen molar-refractivity contribution in [2.75, 3.05) is 0 Å². The smallest absolute Gasteiger partial charge is 0.131 e. The maximum atomic E-state index is 13.7. The highest BCUT2D eigenvalue weighted by molar-refractivity contribution is 6.30. The van der Waals surface area contributed by atoms with Gasteiger partial charge in [0.05, 0.1) is 0 Å². The zero-order valence-electron chi connectivity index (χ0n) is 10.6. The fraction of sp³-hybridized carbons (Fsp3) is 0.200. The maximum absolute atomic E-state index is 13.7. The molecule has 0 spiro atoms. The largest absolute Gasteiger partial charge is 0.489 e. The van der Waals surface area contributed by atoms with Crippen LogP contribution in [-0.4, -0.2) is 0 Å². The van der Waals surface area contributed by atoms with E-state index in [1.54, 1.807) is 25.1 Å². The molecule has 2 rings (SSSR count). The molecule has 4 heteroatoms. The Labute approximate surface area is 117 Å². The molecule has 0 bridgehead atoms. The SMILES string of the molecule is C[C@@H](N)c1ccc(OCc2cccc(Cl)c2)cc1F. The number of rotatable bonds is 4. The van der Waals surface area contributed by atoms with Gasteiger partial charge in [0.1, 0.15) is 18.2 Å². The van der Waals surface area contributed by atoms with Gasteiger partial charge >= 0.3 is 0 Å². The Morgan fingerprint density at radius 3 is 2.68 bits per heavy atom. The monoisotopic (exact) mass is 279 g/mol. The van der Waals surface area contributed by atoms with Crippen molar-refractivity contribution in [2.45, 2.75) is 19.6 Å². The van der Waals surface area contributed by atoms with Crippen molar-refractivity contribution in [3.63, 3.8) is 0 Å². The van der Waals surface area contributed by atoms with Crippen LogP contribution in [0.1, 0.15) is 24.1 Å². The first-order valence-corrected chi connectivity index (χ1v) is 6.36. The standard InChI is InChI=1S/C15H15ClFNO/c1-10(18)14-6-5-13(8-15(14)17)19-9-11-3-2-4-12(16)7-11/h2-8,10H,9,18H2,1H3/t10-/m1/s1. The average molecular weight is 280 g/mol. The lowest BCUT2D eigenvalue weighted by Gasteiger charge is -2.10. The summed E-state index contributed by atoms with van der Waals surface area (Å²) in [4.78, 5) is 0. The Balaban J connectivity index is 2.06. The van der Waals surface area contributed by atoms with Crippen molar-refractivity contribution < 1.29 is 9.13 Å². The van der Waals surface area contributed by atoms with Crippen LogP contribution >= 0.6 is 11.6 Å². The van der Waals surface area contributed by atoms with Gasteiger partial charge in [0.25, 0.3) is 0 Å². The second-order valence-corrected chi connectivity index (χ2v) is 4.83. The normalized spacial score (nSPS) is 12.2. The zero-order chi connectivity index (χ0) is 13.8. The van der Waals surface area contributed by atoms with Gasteiger partial charge in [-0.25, -0.2) is 4.39 Å². The van der Waals surface area contributed by atoms with E-state index in [0.29, 0.717) is 22.9 Å². The highest BCUT2D eigenvalue weighted by Gasteiger charge is 2.08. The van der Waals surface area contributed by atoms with E-state index in [9.17, 15) is 4.39 Å². The highest BCUT2D eigenvalue weighted by atomic mass is 35.5. The van der Waals surface area contributed by atoms with Gasteiger partial charge in [-0.2, -0.15) is 0 Å². The number of hydrogen-bond acceptors (Lipinski definition) is 2. The summed E-state index contributed by atoms with van der Waals surface area (Å²) >= 11 is 5.88. The fourth-order valence-electron chi connectivity index (χ4n) is 1.76. The van der Waals surface area contributed by atoms with Crippen molar-refractivity contribution in [1.29, 1.82) is 0 Å². The Morgan fingerprint density at radius 2 is 2.05 bits per heavy atom. The zero-order valence-corrected chi connectivity index (χ0v) is 11.3. The predicted molar refractivity (Wildman–Crippen MR) is 74.8 cm³/mol. The minimum Gasteiger partial charge on any atom is -0.489 e. The quantitative estimate of drug-likeness (QED) is 0.915. The molecule has 0 radical (unpaired) electrons. The summed E-state index contributed by atoms with van der Waals surface area (Å²) in [7, 11) is 0. The minimum absolute atomic E-state index is 0.332. The van der Waals surface area contributed by atoms with Crippen LogP contribution in [0.3, 0.4) is 0 Å². The molecule has 0 saturated carbocycles. The van der Waals surface area contributed by atoms with E-state index in [1.165, 1.54) is 6.07 Å². The molecule has 1 atom stereocenters. The van der Waals surface area contributed by atoms with E-state index in [0.717, 1.165) is 5.56 Å². The van der Waals surface area contributed by atoms with Crippen LogP contribution in [0.2, 0.25) is 5.02 Å². The van der Waals surface area contributed by atoms with Crippen LogP contribution in [-0.2, 0) is 6.61 Å². The van der Waals surface area contributed by atoms with Crippen molar-refractivity contribution >= 4 is 11.6 Å². The average Bonchev–Trinajstić information content (AvgIpc) is 2.36. The Hall–Kier alpha value is -1.58. The highest BCUT2D eigenvalue weighted by Crippen LogP contribution is 2.21. The lowest BCUT2D eigenvalue weighted by molar-refractivity contribution is 0.304. The van der Waals surface area contributed by atoms with E-state index >= 15 is 0 Å². The molecule has 0 saturated heterocycles. The number of ether oxygens (including phenoxy) is 1. The van der Waals surface area contributed by atoms with Gasteiger partial charge in [-0.3, -0.25) is 0 Å². The molecular weight excluding hydrogens is 265 g/mol. The summed E-state index contributed by atoms with van der Waals surface area (Å²) in [5, 5.41) is 0.652. The van der Waals surface area contributed by atoms with Crippen molar-refractivity contribution in [2.24, 2.45) is 5.73 Å². The van der Waals surface area contributed by atoms with Gasteiger partial charge in [-0.1, -0.05) is 29.8 Å². The lowest BCUT2D eigenvalue weighted by Crippen LogP contribution is -2.07. The number of nitrogens with two attached hydrogens (primary N) is 1. The Morgan fingerprint density at radius 1 is 1.26 bits per heavy atom. The first-order chi connectivity index (χ1) is 9.06. The van der Waals surface area contributed by atoms with Gasteiger partial charge in [-0.05, 0) is 30.7 Å². The van der Waals surface area contributed by atoms with Crippen LogP contribution in [0.5, 0.6) is 5.75 Å². The molecular formula is C15H15ClFNO. The first-order valence-electron chi connectivity index (χ1n) is 5.98. The summed E-state index contributed by atoms with van der Waals surface area (Å²) in [6, 6.07) is 11.7. The lowest BCUT2D eigenvalue weighted by atomic mass is 10.1. The van der Waals surface area contributed by atoms with Crippen LogP contribution in [0.15, 0.2) is 42.5 Å². The third kappa shape index (κ3) is 3.69. The van der Waals surface area contributed by atoms with E-state index in [4.69, 9.17) is 22.1 Å². The van der Waals surface area contributed by atoms with Gasteiger partial charge in [0.2, 0.25) is 0 Å². The molecule has 2 N–H and O–H groups in total.